The average molecular weight is 258 g/mol. The fraction of sp³-hybridized carbons (Fsp3) is 0.562. The fourth-order valence-corrected chi connectivity index (χ4v) is 3.37. The molecule has 2 aliphatic rings. The molecule has 1 aliphatic carbocycles. The van der Waals surface area contributed by atoms with Crippen LogP contribution in [0, 0.1) is 5.92 Å². The molecule has 3 heteroatoms. The standard InChI is InChI=1S/C16H22N2O/c1-18(15-7-4-8-17-11-15)16(19)14-9-12-5-2-3-6-13(12)10-14/h2-3,5-6,14-15,17H,4,7-11H2,1H3. The number of likely N-dealkylation sites (N-methyl/N-ethyl adjacent to an activating group) is 1. The average Bonchev–Trinajstić information content (AvgIpc) is 2.90. The summed E-state index contributed by atoms with van der Waals surface area (Å²) in [4.78, 5) is 14.6. The topological polar surface area (TPSA) is 32.3 Å². The lowest BCUT2D eigenvalue weighted by molar-refractivity contribution is -0.136. The molecule has 1 aromatic rings. The van der Waals surface area contributed by atoms with E-state index >= 15 is 0 Å². The lowest BCUT2D eigenvalue weighted by atomic mass is 10.0. The third-order valence-electron chi connectivity index (χ3n) is 4.57. The van der Waals surface area contributed by atoms with Gasteiger partial charge < -0.3 is 10.2 Å². The van der Waals surface area contributed by atoms with Gasteiger partial charge in [0.05, 0.1) is 0 Å². The molecule has 1 aliphatic heterocycles. The fourth-order valence-electron chi connectivity index (χ4n) is 3.37. The number of amides is 1. The molecule has 3 nitrogen and oxygen atoms in total. The maximum Gasteiger partial charge on any atom is 0.226 e. The number of rotatable bonds is 2. The highest BCUT2D eigenvalue weighted by Gasteiger charge is 2.32. The highest BCUT2D eigenvalue weighted by molar-refractivity contribution is 5.80. The van der Waals surface area contributed by atoms with Crippen LogP contribution in [0.25, 0.3) is 0 Å². The molecule has 1 heterocycles. The van der Waals surface area contributed by atoms with Crippen LogP contribution in [-0.4, -0.2) is 37.0 Å². The molecule has 1 unspecified atom stereocenters. The van der Waals surface area contributed by atoms with E-state index < -0.39 is 0 Å². The molecular weight excluding hydrogens is 236 g/mol. The molecule has 0 spiro atoms. The third kappa shape index (κ3) is 2.52. The van der Waals surface area contributed by atoms with E-state index in [4.69, 9.17) is 0 Å². The minimum atomic E-state index is 0.157. The Morgan fingerprint density at radius 3 is 2.53 bits per heavy atom. The summed E-state index contributed by atoms with van der Waals surface area (Å²) in [5, 5.41) is 3.38. The SMILES string of the molecule is CN(C(=O)C1Cc2ccccc2C1)C1CCCNC1. The van der Waals surface area contributed by atoms with Crippen molar-refractivity contribution in [1.82, 2.24) is 10.2 Å². The molecule has 0 bridgehead atoms. The largest absolute Gasteiger partial charge is 0.341 e. The highest BCUT2D eigenvalue weighted by Crippen LogP contribution is 2.28. The molecule has 1 amide bonds. The predicted molar refractivity (Wildman–Crippen MR) is 76.0 cm³/mol. The van der Waals surface area contributed by atoms with Crippen molar-refractivity contribution in [3.63, 3.8) is 0 Å². The first-order valence-corrected chi connectivity index (χ1v) is 7.30. The number of benzene rings is 1. The first-order valence-electron chi connectivity index (χ1n) is 7.30. The molecule has 3 rings (SSSR count). The number of carbonyl (C=O) groups excluding carboxylic acids is 1. The van der Waals surface area contributed by atoms with E-state index in [1.807, 2.05) is 11.9 Å². The van der Waals surface area contributed by atoms with Gasteiger partial charge in [-0.15, -0.1) is 0 Å². The second-order valence-electron chi connectivity index (χ2n) is 5.82. The van der Waals surface area contributed by atoms with Crippen LogP contribution in [0.4, 0.5) is 0 Å². The van der Waals surface area contributed by atoms with Crippen LogP contribution in [0.15, 0.2) is 24.3 Å². The van der Waals surface area contributed by atoms with Crippen molar-refractivity contribution in [1.29, 1.82) is 0 Å². The zero-order valence-electron chi connectivity index (χ0n) is 11.6. The van der Waals surface area contributed by atoms with E-state index in [0.717, 1.165) is 32.4 Å². The van der Waals surface area contributed by atoms with Crippen LogP contribution in [0.2, 0.25) is 0 Å². The molecule has 0 aromatic heterocycles. The number of hydrogen-bond acceptors (Lipinski definition) is 2. The van der Waals surface area contributed by atoms with E-state index in [-0.39, 0.29) is 5.92 Å². The molecule has 1 atom stereocenters. The highest BCUT2D eigenvalue weighted by atomic mass is 16.2. The van der Waals surface area contributed by atoms with Crippen molar-refractivity contribution >= 4 is 5.91 Å². The van der Waals surface area contributed by atoms with E-state index in [0.29, 0.717) is 11.9 Å². The van der Waals surface area contributed by atoms with Crippen LogP contribution in [0.1, 0.15) is 24.0 Å². The van der Waals surface area contributed by atoms with Gasteiger partial charge in [-0.3, -0.25) is 4.79 Å². The quantitative estimate of drug-likeness (QED) is 0.874. The van der Waals surface area contributed by atoms with Crippen LogP contribution < -0.4 is 5.32 Å². The van der Waals surface area contributed by atoms with Crippen LogP contribution in [0.5, 0.6) is 0 Å². The Labute approximate surface area is 115 Å². The van der Waals surface area contributed by atoms with Crippen LogP contribution in [-0.2, 0) is 17.6 Å². The van der Waals surface area contributed by atoms with Gasteiger partial charge in [-0.1, -0.05) is 24.3 Å². The number of piperidine rings is 1. The molecule has 1 saturated heterocycles. The second kappa shape index (κ2) is 5.33. The molecule has 0 saturated carbocycles. The normalized spacial score (nSPS) is 23.1. The summed E-state index contributed by atoms with van der Waals surface area (Å²) in [6.45, 7) is 2.04. The minimum Gasteiger partial charge on any atom is -0.341 e. The van der Waals surface area contributed by atoms with Crippen molar-refractivity contribution in [3.05, 3.63) is 35.4 Å². The maximum atomic E-state index is 12.6. The van der Waals surface area contributed by atoms with Gasteiger partial charge in [0.1, 0.15) is 0 Å². The van der Waals surface area contributed by atoms with Crippen molar-refractivity contribution in [3.8, 4) is 0 Å². The summed E-state index contributed by atoms with van der Waals surface area (Å²) < 4.78 is 0. The van der Waals surface area contributed by atoms with Gasteiger partial charge in [0.25, 0.3) is 0 Å². The Hall–Kier alpha value is -1.35. The molecule has 102 valence electrons. The van der Waals surface area contributed by atoms with Gasteiger partial charge in [-0.2, -0.15) is 0 Å². The third-order valence-corrected chi connectivity index (χ3v) is 4.57. The van der Waals surface area contributed by atoms with Crippen molar-refractivity contribution in [2.75, 3.05) is 20.1 Å². The Kier molecular flexibility index (Phi) is 3.56. The van der Waals surface area contributed by atoms with E-state index in [1.54, 1.807) is 0 Å². The maximum absolute atomic E-state index is 12.6. The van der Waals surface area contributed by atoms with Crippen molar-refractivity contribution in [2.24, 2.45) is 5.92 Å². The Morgan fingerprint density at radius 2 is 1.95 bits per heavy atom. The minimum absolute atomic E-state index is 0.157. The number of fused-ring (bicyclic) bond motifs is 1. The van der Waals surface area contributed by atoms with Crippen LogP contribution >= 0.6 is 0 Å². The predicted octanol–water partition coefficient (Wildman–Crippen LogP) is 1.61. The number of nitrogens with one attached hydrogen (secondary N) is 1. The summed E-state index contributed by atoms with van der Waals surface area (Å²) >= 11 is 0. The summed E-state index contributed by atoms with van der Waals surface area (Å²) in [5.41, 5.74) is 2.71. The molecule has 1 N–H and O–H groups in total. The smallest absolute Gasteiger partial charge is 0.226 e. The molecule has 19 heavy (non-hydrogen) atoms. The molecule has 0 radical (unpaired) electrons. The van der Waals surface area contributed by atoms with Gasteiger partial charge in [0.15, 0.2) is 0 Å². The Balaban J connectivity index is 1.65. The lowest BCUT2D eigenvalue weighted by Gasteiger charge is -2.33. The molecule has 1 fully saturated rings. The summed E-state index contributed by atoms with van der Waals surface area (Å²) in [6.07, 6.45) is 4.14. The zero-order chi connectivity index (χ0) is 13.2. The van der Waals surface area contributed by atoms with Gasteiger partial charge in [-0.05, 0) is 43.4 Å². The van der Waals surface area contributed by atoms with Crippen molar-refractivity contribution < 1.29 is 4.79 Å². The number of nitrogens with zero attached hydrogens (tertiary/aromatic N) is 1. The number of carbonyl (C=O) groups is 1. The van der Waals surface area contributed by atoms with E-state index in [1.165, 1.54) is 17.5 Å². The second-order valence-corrected chi connectivity index (χ2v) is 5.82. The summed E-state index contributed by atoms with van der Waals surface area (Å²) in [7, 11) is 1.98. The van der Waals surface area contributed by atoms with Gasteiger partial charge in [0.2, 0.25) is 5.91 Å². The van der Waals surface area contributed by atoms with Crippen LogP contribution in [0.3, 0.4) is 0 Å². The van der Waals surface area contributed by atoms with E-state index in [9.17, 15) is 4.79 Å². The first kappa shape index (κ1) is 12.7. The molecule has 1 aromatic carbocycles. The Morgan fingerprint density at radius 1 is 1.26 bits per heavy atom. The summed E-state index contributed by atoms with van der Waals surface area (Å²) in [5.74, 6) is 0.481. The molecular formula is C16H22N2O. The first-order chi connectivity index (χ1) is 9.25. The van der Waals surface area contributed by atoms with Crippen molar-refractivity contribution in [2.45, 2.75) is 31.7 Å². The van der Waals surface area contributed by atoms with E-state index in [2.05, 4.69) is 29.6 Å². The van der Waals surface area contributed by atoms with Gasteiger partial charge in [-0.25, -0.2) is 0 Å². The zero-order valence-corrected chi connectivity index (χ0v) is 11.6. The lowest BCUT2D eigenvalue weighted by Crippen LogP contribution is -2.48. The Bertz CT molecular complexity index is 441. The van der Waals surface area contributed by atoms with Gasteiger partial charge in [0, 0.05) is 25.6 Å². The van der Waals surface area contributed by atoms with Gasteiger partial charge >= 0.3 is 0 Å². The number of hydrogen-bond donors (Lipinski definition) is 1. The monoisotopic (exact) mass is 258 g/mol. The summed E-state index contributed by atoms with van der Waals surface area (Å²) in [6, 6.07) is 8.83.